The van der Waals surface area contributed by atoms with Crippen molar-refractivity contribution in [1.82, 2.24) is 9.80 Å². The first-order valence-electron chi connectivity index (χ1n) is 6.43. The quantitative estimate of drug-likeness (QED) is 0.869. The highest BCUT2D eigenvalue weighted by molar-refractivity contribution is 7.18. The van der Waals surface area contributed by atoms with Crippen LogP contribution in [-0.4, -0.2) is 56.0 Å². The van der Waals surface area contributed by atoms with Crippen LogP contribution in [0.3, 0.4) is 0 Å². The third-order valence-electron chi connectivity index (χ3n) is 3.38. The fourth-order valence-electron chi connectivity index (χ4n) is 2.26. The molecule has 1 aromatic heterocycles. The summed E-state index contributed by atoms with van der Waals surface area (Å²) in [6, 6.07) is 2.40. The molecule has 0 saturated carbocycles. The number of carbonyl (C=O) groups excluding carboxylic acids is 1. The van der Waals surface area contributed by atoms with Gasteiger partial charge in [-0.15, -0.1) is 11.3 Å². The fourth-order valence-corrected chi connectivity index (χ4v) is 3.43. The molecule has 1 saturated heterocycles. The van der Waals surface area contributed by atoms with Crippen LogP contribution in [0.15, 0.2) is 0 Å². The second kappa shape index (κ2) is 5.69. The molecule has 0 bridgehead atoms. The number of nitriles is 1. The zero-order chi connectivity index (χ0) is 14.9. The van der Waals surface area contributed by atoms with Crippen LogP contribution >= 0.6 is 11.3 Å². The molecule has 1 unspecified atom stereocenters. The Balaban J connectivity index is 2.27. The number of hydrogen-bond acceptors (Lipinski definition) is 6. The molecule has 0 spiro atoms. The SMILES string of the molecule is CN1CCC(Nc2sc(C(=O)N(C)C)c(N)c2C#N)C1. The van der Waals surface area contributed by atoms with Crippen molar-refractivity contribution in [2.45, 2.75) is 12.5 Å². The van der Waals surface area contributed by atoms with Gasteiger partial charge in [0.05, 0.1) is 5.69 Å². The molecule has 20 heavy (non-hydrogen) atoms. The van der Waals surface area contributed by atoms with Crippen molar-refractivity contribution >= 4 is 27.9 Å². The zero-order valence-electron chi connectivity index (χ0n) is 11.9. The number of nitrogens with one attached hydrogen (secondary N) is 1. The van der Waals surface area contributed by atoms with E-state index in [4.69, 9.17) is 5.73 Å². The van der Waals surface area contributed by atoms with Crippen molar-refractivity contribution in [1.29, 1.82) is 5.26 Å². The predicted molar refractivity (Wildman–Crippen MR) is 81.0 cm³/mol. The molecule has 6 nitrogen and oxygen atoms in total. The van der Waals surface area contributed by atoms with E-state index in [1.807, 2.05) is 0 Å². The smallest absolute Gasteiger partial charge is 0.265 e. The molecular formula is C13H19N5OS. The van der Waals surface area contributed by atoms with Gasteiger partial charge in [0.15, 0.2) is 0 Å². The molecule has 0 aromatic carbocycles. The van der Waals surface area contributed by atoms with E-state index < -0.39 is 0 Å². The maximum Gasteiger partial charge on any atom is 0.265 e. The first-order chi connectivity index (χ1) is 9.43. The van der Waals surface area contributed by atoms with Crippen LogP contribution in [0, 0.1) is 11.3 Å². The van der Waals surface area contributed by atoms with Crippen molar-refractivity contribution in [2.24, 2.45) is 0 Å². The van der Waals surface area contributed by atoms with Gasteiger partial charge in [0.25, 0.3) is 5.91 Å². The Morgan fingerprint density at radius 2 is 2.30 bits per heavy atom. The maximum atomic E-state index is 12.0. The number of rotatable bonds is 3. The number of carbonyl (C=O) groups is 1. The minimum atomic E-state index is -0.166. The van der Waals surface area contributed by atoms with E-state index in [9.17, 15) is 10.1 Å². The van der Waals surface area contributed by atoms with E-state index in [1.165, 1.54) is 16.2 Å². The van der Waals surface area contributed by atoms with E-state index in [2.05, 4.69) is 23.3 Å². The molecule has 1 fully saturated rings. The summed E-state index contributed by atoms with van der Waals surface area (Å²) in [4.78, 5) is 16.2. The van der Waals surface area contributed by atoms with E-state index in [0.717, 1.165) is 19.5 Å². The predicted octanol–water partition coefficient (Wildman–Crippen LogP) is 1.02. The van der Waals surface area contributed by atoms with Gasteiger partial charge in [-0.3, -0.25) is 4.79 Å². The number of anilines is 2. The monoisotopic (exact) mass is 293 g/mol. The van der Waals surface area contributed by atoms with Crippen LogP contribution in [0.4, 0.5) is 10.7 Å². The zero-order valence-corrected chi connectivity index (χ0v) is 12.8. The van der Waals surface area contributed by atoms with E-state index in [0.29, 0.717) is 21.5 Å². The maximum absolute atomic E-state index is 12.0. The summed E-state index contributed by atoms with van der Waals surface area (Å²) in [6.07, 6.45) is 1.02. The Morgan fingerprint density at radius 3 is 2.80 bits per heavy atom. The third-order valence-corrected chi connectivity index (χ3v) is 4.51. The highest BCUT2D eigenvalue weighted by Gasteiger charge is 2.25. The van der Waals surface area contributed by atoms with Crippen molar-refractivity contribution < 1.29 is 4.79 Å². The number of nitrogens with zero attached hydrogens (tertiary/aromatic N) is 3. The molecule has 1 amide bonds. The minimum absolute atomic E-state index is 0.166. The molecule has 2 rings (SSSR count). The van der Waals surface area contributed by atoms with E-state index >= 15 is 0 Å². The normalized spacial score (nSPS) is 18.8. The summed E-state index contributed by atoms with van der Waals surface area (Å²) in [5.74, 6) is -0.166. The highest BCUT2D eigenvalue weighted by atomic mass is 32.1. The van der Waals surface area contributed by atoms with Crippen LogP contribution in [0.5, 0.6) is 0 Å². The molecule has 1 aliphatic rings. The molecule has 1 aromatic rings. The Morgan fingerprint density at radius 1 is 1.60 bits per heavy atom. The van der Waals surface area contributed by atoms with Gasteiger partial charge < -0.3 is 20.9 Å². The molecule has 7 heteroatoms. The lowest BCUT2D eigenvalue weighted by molar-refractivity contribution is 0.0833. The summed E-state index contributed by atoms with van der Waals surface area (Å²) >= 11 is 1.27. The molecule has 3 N–H and O–H groups in total. The van der Waals surface area contributed by atoms with Crippen LogP contribution in [0.1, 0.15) is 21.7 Å². The summed E-state index contributed by atoms with van der Waals surface area (Å²) in [5, 5.41) is 13.3. The lowest BCUT2D eigenvalue weighted by Crippen LogP contribution is -2.23. The van der Waals surface area contributed by atoms with Crippen molar-refractivity contribution in [3.8, 4) is 6.07 Å². The van der Waals surface area contributed by atoms with Crippen LogP contribution in [0.25, 0.3) is 0 Å². The fraction of sp³-hybridized carbons (Fsp3) is 0.538. The van der Waals surface area contributed by atoms with Crippen LogP contribution in [-0.2, 0) is 0 Å². The van der Waals surface area contributed by atoms with Gasteiger partial charge in [-0.2, -0.15) is 5.26 Å². The van der Waals surface area contributed by atoms with Gasteiger partial charge >= 0.3 is 0 Å². The van der Waals surface area contributed by atoms with Gasteiger partial charge in [-0.05, 0) is 20.0 Å². The van der Waals surface area contributed by atoms with Gasteiger partial charge in [-0.25, -0.2) is 0 Å². The average Bonchev–Trinajstić information content (AvgIpc) is 2.93. The van der Waals surface area contributed by atoms with E-state index in [1.54, 1.807) is 14.1 Å². The molecular weight excluding hydrogens is 274 g/mol. The number of nitrogens with two attached hydrogens (primary N) is 1. The average molecular weight is 293 g/mol. The van der Waals surface area contributed by atoms with E-state index in [-0.39, 0.29) is 11.6 Å². The summed E-state index contributed by atoms with van der Waals surface area (Å²) in [5.41, 5.74) is 6.61. The number of likely N-dealkylation sites (N-methyl/N-ethyl adjacent to an activating group) is 1. The number of amides is 1. The minimum Gasteiger partial charge on any atom is -0.396 e. The first kappa shape index (κ1) is 14.6. The van der Waals surface area contributed by atoms with Crippen molar-refractivity contribution in [3.63, 3.8) is 0 Å². The van der Waals surface area contributed by atoms with Gasteiger partial charge in [-0.1, -0.05) is 0 Å². The summed E-state index contributed by atoms with van der Waals surface area (Å²) < 4.78 is 0. The molecule has 108 valence electrons. The molecule has 1 atom stereocenters. The third kappa shape index (κ3) is 2.71. The van der Waals surface area contributed by atoms with Crippen LogP contribution in [0.2, 0.25) is 0 Å². The molecule has 1 aliphatic heterocycles. The molecule has 2 heterocycles. The van der Waals surface area contributed by atoms with Crippen LogP contribution < -0.4 is 11.1 Å². The Hall–Kier alpha value is -1.78. The Bertz CT molecular complexity index is 560. The van der Waals surface area contributed by atoms with Crippen molar-refractivity contribution in [3.05, 3.63) is 10.4 Å². The summed E-state index contributed by atoms with van der Waals surface area (Å²) in [6.45, 7) is 1.96. The van der Waals surface area contributed by atoms with Crippen molar-refractivity contribution in [2.75, 3.05) is 45.3 Å². The topological polar surface area (TPSA) is 85.4 Å². The second-order valence-electron chi connectivity index (χ2n) is 5.25. The number of likely N-dealkylation sites (tertiary alicyclic amines) is 1. The van der Waals surface area contributed by atoms with Gasteiger partial charge in [0.2, 0.25) is 0 Å². The number of hydrogen-bond donors (Lipinski definition) is 2. The second-order valence-corrected chi connectivity index (χ2v) is 6.27. The number of nitrogen functional groups attached to an aromatic ring is 1. The Kier molecular flexibility index (Phi) is 4.16. The lowest BCUT2D eigenvalue weighted by Gasteiger charge is -2.12. The lowest BCUT2D eigenvalue weighted by atomic mass is 10.2. The standard InChI is InChI=1S/C13H19N5OS/c1-17(2)13(19)11-10(15)9(6-14)12(20-11)16-8-4-5-18(3)7-8/h8,16H,4-5,7,15H2,1-3H3. The Labute approximate surface area is 122 Å². The molecule has 0 radical (unpaired) electrons. The summed E-state index contributed by atoms with van der Waals surface area (Å²) in [7, 11) is 5.41. The number of thiophene rings is 1. The highest BCUT2D eigenvalue weighted by Crippen LogP contribution is 2.36. The van der Waals surface area contributed by atoms with Gasteiger partial charge in [0, 0.05) is 26.7 Å². The van der Waals surface area contributed by atoms with Gasteiger partial charge in [0.1, 0.15) is 21.5 Å². The first-order valence-corrected chi connectivity index (χ1v) is 7.24. The largest absolute Gasteiger partial charge is 0.396 e. The molecule has 0 aliphatic carbocycles.